The number of halogens is 1. The highest BCUT2D eigenvalue weighted by Crippen LogP contribution is 2.28. The minimum absolute atomic E-state index is 0.191. The van der Waals surface area contributed by atoms with Gasteiger partial charge in [-0.3, -0.25) is 0 Å². The Labute approximate surface area is 115 Å². The van der Waals surface area contributed by atoms with Crippen molar-refractivity contribution in [3.05, 3.63) is 21.3 Å². The van der Waals surface area contributed by atoms with E-state index >= 15 is 0 Å². The molecule has 0 saturated heterocycles. The number of alkyl carbamates (subject to hydrolysis) is 1. The largest absolute Gasteiger partial charge is 0.444 e. The van der Waals surface area contributed by atoms with E-state index in [0.29, 0.717) is 4.34 Å². The molecule has 1 rings (SSSR count). The predicted octanol–water partition coefficient (Wildman–Crippen LogP) is 3.56. The van der Waals surface area contributed by atoms with Crippen LogP contribution in [0.5, 0.6) is 0 Å². The van der Waals surface area contributed by atoms with Crippen LogP contribution in [0.4, 0.5) is 4.79 Å². The molecule has 0 aromatic carbocycles. The Morgan fingerprint density at radius 1 is 1.56 bits per heavy atom. The maximum atomic E-state index is 11.6. The van der Waals surface area contributed by atoms with Gasteiger partial charge in [-0.1, -0.05) is 11.6 Å². The fraction of sp³-hybridized carbons (Fsp3) is 0.500. The lowest BCUT2D eigenvalue weighted by molar-refractivity contribution is -0.108. The first-order valence-electron chi connectivity index (χ1n) is 5.50. The summed E-state index contributed by atoms with van der Waals surface area (Å²) in [7, 11) is 0. The van der Waals surface area contributed by atoms with E-state index in [-0.39, 0.29) is 6.42 Å². The third-order valence-corrected chi connectivity index (χ3v) is 3.31. The van der Waals surface area contributed by atoms with E-state index in [4.69, 9.17) is 16.3 Å². The minimum Gasteiger partial charge on any atom is -0.444 e. The molecule has 1 N–H and O–H groups in total. The van der Waals surface area contributed by atoms with Crippen molar-refractivity contribution < 1.29 is 14.3 Å². The van der Waals surface area contributed by atoms with Gasteiger partial charge < -0.3 is 14.8 Å². The first-order chi connectivity index (χ1) is 8.31. The van der Waals surface area contributed by atoms with Crippen LogP contribution in [0, 0.1) is 0 Å². The number of nitrogens with one attached hydrogen (secondary N) is 1. The van der Waals surface area contributed by atoms with E-state index in [9.17, 15) is 9.59 Å². The number of hydrogen-bond donors (Lipinski definition) is 1. The minimum atomic E-state index is -0.567. The van der Waals surface area contributed by atoms with Gasteiger partial charge in [-0.05, 0) is 32.9 Å². The van der Waals surface area contributed by atoms with Crippen LogP contribution in [-0.4, -0.2) is 18.0 Å². The van der Waals surface area contributed by atoms with E-state index in [1.807, 2.05) is 0 Å². The molecule has 0 aliphatic carbocycles. The normalized spacial score (nSPS) is 12.9. The first kappa shape index (κ1) is 15.0. The maximum Gasteiger partial charge on any atom is 0.408 e. The number of carbonyl (C=O) groups is 2. The summed E-state index contributed by atoms with van der Waals surface area (Å²) in [5.74, 6) is 0. The Bertz CT molecular complexity index is 425. The zero-order chi connectivity index (χ0) is 13.8. The fourth-order valence-electron chi connectivity index (χ4n) is 1.31. The van der Waals surface area contributed by atoms with Crippen molar-refractivity contribution in [1.29, 1.82) is 0 Å². The fourth-order valence-corrected chi connectivity index (χ4v) is 2.43. The lowest BCUT2D eigenvalue weighted by Gasteiger charge is -2.22. The summed E-state index contributed by atoms with van der Waals surface area (Å²) in [4.78, 5) is 23.1. The van der Waals surface area contributed by atoms with E-state index in [1.165, 1.54) is 11.3 Å². The summed E-state index contributed by atoms with van der Waals surface area (Å²) in [5.41, 5.74) is -0.567. The molecule has 0 radical (unpaired) electrons. The van der Waals surface area contributed by atoms with Crippen molar-refractivity contribution in [1.82, 2.24) is 5.32 Å². The van der Waals surface area contributed by atoms with Gasteiger partial charge in [0.25, 0.3) is 0 Å². The van der Waals surface area contributed by atoms with Crippen molar-refractivity contribution in [3.63, 3.8) is 0 Å². The Balaban J connectivity index is 2.69. The molecule has 4 nitrogen and oxygen atoms in total. The van der Waals surface area contributed by atoms with Crippen LogP contribution in [0.3, 0.4) is 0 Å². The van der Waals surface area contributed by atoms with E-state index in [0.717, 1.165) is 11.2 Å². The molecule has 1 heterocycles. The summed E-state index contributed by atoms with van der Waals surface area (Å²) in [6.07, 6.45) is 0.407. The molecule has 0 spiro atoms. The van der Waals surface area contributed by atoms with E-state index < -0.39 is 17.7 Å². The number of hydrogen-bond acceptors (Lipinski definition) is 4. The highest BCUT2D eigenvalue weighted by molar-refractivity contribution is 7.16. The van der Waals surface area contributed by atoms with Gasteiger partial charge in [-0.15, -0.1) is 11.3 Å². The van der Waals surface area contributed by atoms with Gasteiger partial charge in [0.05, 0.1) is 10.4 Å². The second-order valence-corrected chi connectivity index (χ2v) is 6.49. The summed E-state index contributed by atoms with van der Waals surface area (Å²) in [6, 6.07) is 3.13. The lowest BCUT2D eigenvalue weighted by atomic mass is 10.2. The molecule has 0 fully saturated rings. The highest BCUT2D eigenvalue weighted by Gasteiger charge is 2.21. The van der Waals surface area contributed by atoms with Crippen molar-refractivity contribution in [3.8, 4) is 0 Å². The molecule has 0 bridgehead atoms. The molecule has 0 unspecified atom stereocenters. The number of ether oxygens (including phenoxy) is 1. The molecule has 0 saturated carbocycles. The van der Waals surface area contributed by atoms with Crippen LogP contribution in [-0.2, 0) is 9.53 Å². The Morgan fingerprint density at radius 2 is 2.22 bits per heavy atom. The molecule has 1 aromatic rings. The van der Waals surface area contributed by atoms with Crippen molar-refractivity contribution in [2.24, 2.45) is 0 Å². The summed E-state index contributed by atoms with van der Waals surface area (Å²) < 4.78 is 5.77. The highest BCUT2D eigenvalue weighted by atomic mass is 35.5. The topological polar surface area (TPSA) is 55.4 Å². The molecule has 1 atom stereocenters. The summed E-state index contributed by atoms with van der Waals surface area (Å²) in [6.45, 7) is 5.34. The third-order valence-electron chi connectivity index (χ3n) is 1.96. The SMILES string of the molecule is CC(C)(C)OC(=O)N[C@H](CC=O)c1ccc(Cl)s1. The molecule has 1 aromatic heterocycles. The molecule has 100 valence electrons. The zero-order valence-electron chi connectivity index (χ0n) is 10.5. The predicted molar refractivity (Wildman–Crippen MR) is 72.1 cm³/mol. The average molecular weight is 290 g/mol. The Hall–Kier alpha value is -1.07. The molecule has 0 aliphatic rings. The van der Waals surface area contributed by atoms with Gasteiger partial charge in [-0.2, -0.15) is 0 Å². The maximum absolute atomic E-state index is 11.6. The molecular weight excluding hydrogens is 274 g/mol. The van der Waals surface area contributed by atoms with E-state index in [1.54, 1.807) is 32.9 Å². The van der Waals surface area contributed by atoms with Crippen LogP contribution in [0.25, 0.3) is 0 Å². The van der Waals surface area contributed by atoms with Gasteiger partial charge in [0.2, 0.25) is 0 Å². The lowest BCUT2D eigenvalue weighted by Crippen LogP contribution is -2.34. The van der Waals surface area contributed by atoms with Crippen LogP contribution in [0.2, 0.25) is 4.34 Å². The number of thiophene rings is 1. The molecule has 6 heteroatoms. The number of rotatable bonds is 4. The van der Waals surface area contributed by atoms with Crippen molar-refractivity contribution in [2.75, 3.05) is 0 Å². The van der Waals surface area contributed by atoms with Crippen LogP contribution in [0.15, 0.2) is 12.1 Å². The number of aldehydes is 1. The van der Waals surface area contributed by atoms with Crippen molar-refractivity contribution >= 4 is 35.3 Å². The van der Waals surface area contributed by atoms with Gasteiger partial charge in [0, 0.05) is 11.3 Å². The molecule has 18 heavy (non-hydrogen) atoms. The smallest absolute Gasteiger partial charge is 0.408 e. The van der Waals surface area contributed by atoms with E-state index in [2.05, 4.69) is 5.32 Å². The van der Waals surface area contributed by atoms with Gasteiger partial charge in [0.15, 0.2) is 0 Å². The Kier molecular flexibility index (Phi) is 5.16. The summed E-state index contributed by atoms with van der Waals surface area (Å²) >= 11 is 7.17. The Morgan fingerprint density at radius 3 is 2.67 bits per heavy atom. The molecule has 0 aliphatic heterocycles. The van der Waals surface area contributed by atoms with Crippen LogP contribution < -0.4 is 5.32 Å². The molecule has 1 amide bonds. The van der Waals surface area contributed by atoms with Crippen LogP contribution >= 0.6 is 22.9 Å². The zero-order valence-corrected chi connectivity index (χ0v) is 12.1. The average Bonchev–Trinajstić information content (AvgIpc) is 2.61. The monoisotopic (exact) mass is 289 g/mol. The summed E-state index contributed by atoms with van der Waals surface area (Å²) in [5, 5.41) is 2.66. The standard InChI is InChI=1S/C12H16ClNO3S/c1-12(2,3)17-11(16)14-8(6-7-15)9-4-5-10(13)18-9/h4-5,7-8H,6H2,1-3H3,(H,14,16)/t8-/m1/s1. The molecular formula is C12H16ClNO3S. The van der Waals surface area contributed by atoms with Gasteiger partial charge in [-0.25, -0.2) is 4.79 Å². The third kappa shape index (κ3) is 5.06. The number of amides is 1. The number of carbonyl (C=O) groups excluding carboxylic acids is 2. The second-order valence-electron chi connectivity index (χ2n) is 4.74. The van der Waals surface area contributed by atoms with Crippen molar-refractivity contribution in [2.45, 2.75) is 38.8 Å². The second kappa shape index (κ2) is 6.20. The van der Waals surface area contributed by atoms with Gasteiger partial charge in [0.1, 0.15) is 11.9 Å². The van der Waals surface area contributed by atoms with Crippen LogP contribution in [0.1, 0.15) is 38.1 Å². The quantitative estimate of drug-likeness (QED) is 0.862. The first-order valence-corrected chi connectivity index (χ1v) is 6.69. The van der Waals surface area contributed by atoms with Gasteiger partial charge >= 0.3 is 6.09 Å².